The molecule has 0 heterocycles. The Morgan fingerprint density at radius 3 is 2.31 bits per heavy atom. The number of hydrogen-bond acceptors (Lipinski definition) is 3. The summed E-state index contributed by atoms with van der Waals surface area (Å²) >= 11 is 0. The van der Waals surface area contributed by atoms with Gasteiger partial charge in [-0.25, -0.2) is 4.79 Å². The molecule has 86 valence electrons. The molecule has 0 saturated carbocycles. The summed E-state index contributed by atoms with van der Waals surface area (Å²) in [6.45, 7) is 5.08. The highest BCUT2D eigenvalue weighted by molar-refractivity contribution is 5.94. The quantitative estimate of drug-likeness (QED) is 0.777. The van der Waals surface area contributed by atoms with Gasteiger partial charge in [0.25, 0.3) is 0 Å². The third kappa shape index (κ3) is 2.59. The Morgan fingerprint density at radius 1 is 1.19 bits per heavy atom. The molecular weight excluding hydrogens is 206 g/mol. The van der Waals surface area contributed by atoms with Crippen LogP contribution in [-0.2, 0) is 9.53 Å². The van der Waals surface area contributed by atoms with Crippen LogP contribution in [-0.4, -0.2) is 19.0 Å². The zero-order valence-electron chi connectivity index (χ0n) is 9.88. The fourth-order valence-electron chi connectivity index (χ4n) is 1.47. The van der Waals surface area contributed by atoms with E-state index in [2.05, 4.69) is 10.1 Å². The molecular formula is C12H15NO3. The van der Waals surface area contributed by atoms with Crippen molar-refractivity contribution in [2.45, 2.75) is 20.8 Å². The number of benzene rings is 1. The van der Waals surface area contributed by atoms with E-state index in [1.54, 1.807) is 19.1 Å². The molecule has 1 N–H and O–H groups in total. The van der Waals surface area contributed by atoms with Gasteiger partial charge in [-0.3, -0.25) is 4.79 Å². The number of methoxy groups -OCH3 is 1. The third-order valence-corrected chi connectivity index (χ3v) is 2.29. The van der Waals surface area contributed by atoms with Crippen molar-refractivity contribution in [1.82, 2.24) is 0 Å². The van der Waals surface area contributed by atoms with E-state index in [1.165, 1.54) is 14.0 Å². The predicted octanol–water partition coefficient (Wildman–Crippen LogP) is 2.05. The molecule has 4 nitrogen and oxygen atoms in total. The first kappa shape index (κ1) is 12.2. The van der Waals surface area contributed by atoms with Crippen molar-refractivity contribution in [3.05, 3.63) is 28.8 Å². The van der Waals surface area contributed by atoms with Crippen LogP contribution in [0.5, 0.6) is 0 Å². The number of carbonyl (C=O) groups excluding carboxylic acids is 2. The summed E-state index contributed by atoms with van der Waals surface area (Å²) in [4.78, 5) is 22.4. The predicted molar refractivity (Wildman–Crippen MR) is 61.6 cm³/mol. The molecule has 1 aromatic carbocycles. The molecule has 1 rings (SSSR count). The van der Waals surface area contributed by atoms with Crippen LogP contribution in [0.2, 0.25) is 0 Å². The second-order valence-corrected chi connectivity index (χ2v) is 3.65. The molecule has 1 aromatic rings. The maximum atomic E-state index is 11.4. The summed E-state index contributed by atoms with van der Waals surface area (Å²) in [6.07, 6.45) is 0. The Bertz CT molecular complexity index is 438. The minimum Gasteiger partial charge on any atom is -0.465 e. The number of carbonyl (C=O) groups is 2. The molecule has 0 saturated heterocycles. The van der Waals surface area contributed by atoms with Gasteiger partial charge in [-0.05, 0) is 37.1 Å². The highest BCUT2D eigenvalue weighted by Crippen LogP contribution is 2.21. The standard InChI is InChI=1S/C12H15NO3/c1-7-6-11(13-9(3)14)8(2)5-10(7)12(15)16-4/h5-6H,1-4H3,(H,13,14). The van der Waals surface area contributed by atoms with Gasteiger partial charge in [0, 0.05) is 12.6 Å². The van der Waals surface area contributed by atoms with E-state index in [9.17, 15) is 9.59 Å². The van der Waals surface area contributed by atoms with Crippen molar-refractivity contribution in [3.8, 4) is 0 Å². The second-order valence-electron chi connectivity index (χ2n) is 3.65. The Morgan fingerprint density at radius 2 is 1.81 bits per heavy atom. The highest BCUT2D eigenvalue weighted by Gasteiger charge is 2.12. The molecule has 0 radical (unpaired) electrons. The molecule has 1 amide bonds. The molecule has 16 heavy (non-hydrogen) atoms. The molecule has 0 atom stereocenters. The van der Waals surface area contributed by atoms with Crippen LogP contribution in [0.1, 0.15) is 28.4 Å². The molecule has 0 aromatic heterocycles. The molecule has 0 aliphatic rings. The molecule has 0 aliphatic carbocycles. The summed E-state index contributed by atoms with van der Waals surface area (Å²) in [7, 11) is 1.35. The van der Waals surface area contributed by atoms with Gasteiger partial charge in [0.15, 0.2) is 0 Å². The monoisotopic (exact) mass is 221 g/mol. The third-order valence-electron chi connectivity index (χ3n) is 2.29. The zero-order chi connectivity index (χ0) is 12.3. The first-order chi connectivity index (χ1) is 7.45. The lowest BCUT2D eigenvalue weighted by Crippen LogP contribution is -2.10. The van der Waals surface area contributed by atoms with Gasteiger partial charge in [-0.1, -0.05) is 0 Å². The normalized spacial score (nSPS) is 9.75. The minimum absolute atomic E-state index is 0.131. The molecule has 0 aliphatic heterocycles. The summed E-state index contributed by atoms with van der Waals surface area (Å²) in [5, 5.41) is 2.71. The van der Waals surface area contributed by atoms with Crippen LogP contribution in [0.4, 0.5) is 5.69 Å². The second kappa shape index (κ2) is 4.79. The smallest absolute Gasteiger partial charge is 0.338 e. The van der Waals surface area contributed by atoms with Gasteiger partial charge in [-0.2, -0.15) is 0 Å². The van der Waals surface area contributed by atoms with Gasteiger partial charge in [-0.15, -0.1) is 0 Å². The van der Waals surface area contributed by atoms with Crippen LogP contribution in [0, 0.1) is 13.8 Å². The van der Waals surface area contributed by atoms with Crippen molar-refractivity contribution in [2.75, 3.05) is 12.4 Å². The lowest BCUT2D eigenvalue weighted by atomic mass is 10.0. The first-order valence-electron chi connectivity index (χ1n) is 4.93. The number of nitrogens with one attached hydrogen (secondary N) is 1. The summed E-state index contributed by atoms with van der Waals surface area (Å²) in [5.74, 6) is -0.497. The van der Waals surface area contributed by atoms with Gasteiger partial charge in [0.05, 0.1) is 12.7 Å². The summed E-state index contributed by atoms with van der Waals surface area (Å²) < 4.78 is 4.67. The van der Waals surface area contributed by atoms with Crippen molar-refractivity contribution in [2.24, 2.45) is 0 Å². The number of aryl methyl sites for hydroxylation is 2. The Kier molecular flexibility index (Phi) is 3.66. The average Bonchev–Trinajstić information content (AvgIpc) is 2.21. The van der Waals surface area contributed by atoms with Crippen LogP contribution in [0.15, 0.2) is 12.1 Å². The van der Waals surface area contributed by atoms with E-state index in [1.807, 2.05) is 6.92 Å². The van der Waals surface area contributed by atoms with Crippen molar-refractivity contribution in [1.29, 1.82) is 0 Å². The van der Waals surface area contributed by atoms with E-state index in [4.69, 9.17) is 0 Å². The fraction of sp³-hybridized carbons (Fsp3) is 0.333. The Balaban J connectivity index is 3.16. The van der Waals surface area contributed by atoms with Gasteiger partial charge < -0.3 is 10.1 Å². The number of rotatable bonds is 2. The lowest BCUT2D eigenvalue weighted by Gasteiger charge is -2.11. The van der Waals surface area contributed by atoms with Gasteiger partial charge in [0.2, 0.25) is 5.91 Å². The number of anilines is 1. The Hall–Kier alpha value is -1.84. The first-order valence-corrected chi connectivity index (χ1v) is 4.93. The molecule has 0 fully saturated rings. The van der Waals surface area contributed by atoms with Gasteiger partial charge >= 0.3 is 5.97 Å². The van der Waals surface area contributed by atoms with Crippen molar-refractivity contribution < 1.29 is 14.3 Å². The van der Waals surface area contributed by atoms with Crippen LogP contribution >= 0.6 is 0 Å². The molecule has 0 spiro atoms. The summed E-state index contributed by atoms with van der Waals surface area (Å²) in [6, 6.07) is 3.48. The number of ether oxygens (including phenoxy) is 1. The fourth-order valence-corrected chi connectivity index (χ4v) is 1.47. The largest absolute Gasteiger partial charge is 0.465 e. The molecule has 0 unspecified atom stereocenters. The minimum atomic E-state index is -0.366. The van der Waals surface area contributed by atoms with E-state index in [-0.39, 0.29) is 11.9 Å². The Labute approximate surface area is 94.6 Å². The number of esters is 1. The maximum Gasteiger partial charge on any atom is 0.338 e. The average molecular weight is 221 g/mol. The maximum absolute atomic E-state index is 11.4. The van der Waals surface area contributed by atoms with Crippen molar-refractivity contribution in [3.63, 3.8) is 0 Å². The SMILES string of the molecule is COC(=O)c1cc(C)c(NC(C)=O)cc1C. The van der Waals surface area contributed by atoms with Crippen LogP contribution in [0.25, 0.3) is 0 Å². The van der Waals surface area contributed by atoms with E-state index >= 15 is 0 Å². The van der Waals surface area contributed by atoms with Crippen LogP contribution in [0.3, 0.4) is 0 Å². The lowest BCUT2D eigenvalue weighted by molar-refractivity contribution is -0.114. The highest BCUT2D eigenvalue weighted by atomic mass is 16.5. The molecule has 0 bridgehead atoms. The summed E-state index contributed by atoms with van der Waals surface area (Å²) in [5.41, 5.74) is 2.86. The van der Waals surface area contributed by atoms with E-state index in [0.29, 0.717) is 5.56 Å². The molecule has 4 heteroatoms. The zero-order valence-corrected chi connectivity index (χ0v) is 9.88. The van der Waals surface area contributed by atoms with E-state index < -0.39 is 0 Å². The number of hydrogen-bond donors (Lipinski definition) is 1. The number of amides is 1. The van der Waals surface area contributed by atoms with Crippen LogP contribution < -0.4 is 5.32 Å². The topological polar surface area (TPSA) is 55.4 Å². The van der Waals surface area contributed by atoms with Crippen molar-refractivity contribution >= 4 is 17.6 Å². The van der Waals surface area contributed by atoms with Gasteiger partial charge in [0.1, 0.15) is 0 Å². The van der Waals surface area contributed by atoms with E-state index in [0.717, 1.165) is 16.8 Å².